The van der Waals surface area contributed by atoms with Crippen LogP contribution in [0.5, 0.6) is 0 Å². The standard InChI is InChI=1S/C26H36F2N4O4/c1-5-26(2,3)22(25(35)32-14-18(23(27)28)21-20(32)19(33)15-36-21)29-24(34)16-6-8-17(9-7-16)31-12-10-30(4)11-13-31/h6-9,18,20-23H,5,10-15H2,1-4H3,(H,29,34)/t18-,20?,21-,22?/m1/s1. The van der Waals surface area contributed by atoms with Crippen LogP contribution in [0.1, 0.15) is 37.6 Å². The van der Waals surface area contributed by atoms with Crippen LogP contribution in [0.4, 0.5) is 14.5 Å². The number of alkyl halides is 2. The van der Waals surface area contributed by atoms with E-state index in [1.165, 1.54) is 4.90 Å². The fraction of sp³-hybridized carbons (Fsp3) is 0.654. The molecule has 1 aromatic rings. The molecule has 0 aliphatic carbocycles. The number of ketones is 1. The zero-order valence-corrected chi connectivity index (χ0v) is 21.4. The van der Waals surface area contributed by atoms with Crippen LogP contribution in [0, 0.1) is 11.3 Å². The maximum Gasteiger partial charge on any atom is 0.251 e. The third kappa shape index (κ3) is 5.11. The van der Waals surface area contributed by atoms with Crippen molar-refractivity contribution in [3.8, 4) is 0 Å². The highest BCUT2D eigenvalue weighted by Gasteiger charge is 2.56. The number of carbonyl (C=O) groups excluding carboxylic acids is 3. The van der Waals surface area contributed by atoms with E-state index in [4.69, 9.17) is 4.74 Å². The number of benzene rings is 1. The predicted octanol–water partition coefficient (Wildman–Crippen LogP) is 2.03. The van der Waals surface area contributed by atoms with Crippen molar-refractivity contribution in [2.75, 3.05) is 51.3 Å². The molecular formula is C26H36F2N4O4. The highest BCUT2D eigenvalue weighted by molar-refractivity contribution is 5.99. The van der Waals surface area contributed by atoms with Gasteiger partial charge in [-0.25, -0.2) is 8.78 Å². The number of fused-ring (bicyclic) bond motifs is 1. The van der Waals surface area contributed by atoms with E-state index in [2.05, 4.69) is 22.2 Å². The zero-order valence-electron chi connectivity index (χ0n) is 21.4. The number of piperazine rings is 1. The Kier molecular flexibility index (Phi) is 7.66. The Morgan fingerprint density at radius 2 is 1.78 bits per heavy atom. The van der Waals surface area contributed by atoms with E-state index >= 15 is 0 Å². The summed E-state index contributed by atoms with van der Waals surface area (Å²) in [4.78, 5) is 45.1. The molecule has 3 aliphatic rings. The number of likely N-dealkylation sites (N-methyl/N-ethyl adjacent to an activating group) is 1. The smallest absolute Gasteiger partial charge is 0.251 e. The Morgan fingerprint density at radius 1 is 1.14 bits per heavy atom. The lowest BCUT2D eigenvalue weighted by Gasteiger charge is -2.37. The zero-order chi connectivity index (χ0) is 26.2. The van der Waals surface area contributed by atoms with E-state index in [0.29, 0.717) is 12.0 Å². The van der Waals surface area contributed by atoms with Crippen LogP contribution in [0.15, 0.2) is 24.3 Å². The van der Waals surface area contributed by atoms with Crippen molar-refractivity contribution in [2.45, 2.75) is 51.8 Å². The van der Waals surface area contributed by atoms with E-state index in [1.54, 1.807) is 12.1 Å². The first-order valence-electron chi connectivity index (χ1n) is 12.6. The average molecular weight is 507 g/mol. The summed E-state index contributed by atoms with van der Waals surface area (Å²) in [6.45, 7) is 8.78. The van der Waals surface area contributed by atoms with E-state index in [-0.39, 0.29) is 18.9 Å². The molecule has 2 unspecified atom stereocenters. The number of halogens is 2. The Balaban J connectivity index is 1.51. The number of likely N-dealkylation sites (tertiary alicyclic amines) is 1. The molecule has 0 spiro atoms. The van der Waals surface area contributed by atoms with Crippen LogP contribution in [-0.2, 0) is 14.3 Å². The summed E-state index contributed by atoms with van der Waals surface area (Å²) >= 11 is 0. The minimum Gasteiger partial charge on any atom is -0.369 e. The third-order valence-corrected chi connectivity index (χ3v) is 8.04. The lowest BCUT2D eigenvalue weighted by atomic mass is 9.80. The van der Waals surface area contributed by atoms with Gasteiger partial charge < -0.3 is 24.8 Å². The van der Waals surface area contributed by atoms with Crippen LogP contribution in [0.3, 0.4) is 0 Å². The van der Waals surface area contributed by atoms with Gasteiger partial charge in [0.2, 0.25) is 12.3 Å². The predicted molar refractivity (Wildman–Crippen MR) is 131 cm³/mol. The number of rotatable bonds is 7. The molecule has 2 amide bonds. The summed E-state index contributed by atoms with van der Waals surface area (Å²) in [6.07, 6.45) is -3.17. The molecule has 3 aliphatic heterocycles. The van der Waals surface area contributed by atoms with Crippen molar-refractivity contribution in [1.29, 1.82) is 0 Å². The number of Topliss-reactive ketones (excluding diaryl/α,β-unsaturated/α-hetero) is 1. The molecular weight excluding hydrogens is 470 g/mol. The lowest BCUT2D eigenvalue weighted by Crippen LogP contribution is -2.57. The summed E-state index contributed by atoms with van der Waals surface area (Å²) in [6, 6.07) is 5.24. The second-order valence-electron chi connectivity index (χ2n) is 10.8. The number of anilines is 1. The van der Waals surface area contributed by atoms with Crippen LogP contribution >= 0.6 is 0 Å². The molecule has 4 atom stereocenters. The van der Waals surface area contributed by atoms with Crippen molar-refractivity contribution >= 4 is 23.3 Å². The molecule has 3 fully saturated rings. The van der Waals surface area contributed by atoms with Gasteiger partial charge in [0.05, 0.1) is 12.0 Å². The topological polar surface area (TPSA) is 82.2 Å². The van der Waals surface area contributed by atoms with Gasteiger partial charge in [-0.3, -0.25) is 14.4 Å². The highest BCUT2D eigenvalue weighted by atomic mass is 19.3. The van der Waals surface area contributed by atoms with Gasteiger partial charge in [0, 0.05) is 44.0 Å². The summed E-state index contributed by atoms with van der Waals surface area (Å²) < 4.78 is 32.6. The monoisotopic (exact) mass is 506 g/mol. The fourth-order valence-corrected chi connectivity index (χ4v) is 5.21. The molecule has 0 radical (unpaired) electrons. The first-order chi connectivity index (χ1) is 17.0. The number of nitrogens with zero attached hydrogens (tertiary/aromatic N) is 3. The van der Waals surface area contributed by atoms with Gasteiger partial charge in [0.15, 0.2) is 5.78 Å². The molecule has 10 heteroatoms. The number of amides is 2. The van der Waals surface area contributed by atoms with Crippen LogP contribution in [0.2, 0.25) is 0 Å². The molecule has 4 rings (SSSR count). The maximum absolute atomic E-state index is 13.7. The quantitative estimate of drug-likeness (QED) is 0.610. The number of hydrogen-bond acceptors (Lipinski definition) is 6. The lowest BCUT2D eigenvalue weighted by molar-refractivity contribution is -0.140. The van der Waals surface area contributed by atoms with Gasteiger partial charge in [0.1, 0.15) is 18.7 Å². The van der Waals surface area contributed by atoms with Gasteiger partial charge in [-0.15, -0.1) is 0 Å². The first-order valence-corrected chi connectivity index (χ1v) is 12.6. The Hall–Kier alpha value is -2.59. The van der Waals surface area contributed by atoms with Crippen molar-refractivity contribution in [3.05, 3.63) is 29.8 Å². The molecule has 3 heterocycles. The Morgan fingerprint density at radius 3 is 2.36 bits per heavy atom. The Bertz CT molecular complexity index is 979. The number of carbonyl (C=O) groups is 3. The highest BCUT2D eigenvalue weighted by Crippen LogP contribution is 2.37. The summed E-state index contributed by atoms with van der Waals surface area (Å²) in [5.74, 6) is -2.56. The fourth-order valence-electron chi connectivity index (χ4n) is 5.21. The summed E-state index contributed by atoms with van der Waals surface area (Å²) in [5, 5.41) is 2.85. The second kappa shape index (κ2) is 10.4. The van der Waals surface area contributed by atoms with Gasteiger partial charge >= 0.3 is 0 Å². The van der Waals surface area contributed by atoms with Crippen LogP contribution in [-0.4, -0.2) is 98.4 Å². The number of nitrogens with one attached hydrogen (secondary N) is 1. The molecule has 198 valence electrons. The van der Waals surface area contributed by atoms with Crippen molar-refractivity contribution < 1.29 is 27.9 Å². The van der Waals surface area contributed by atoms with Gasteiger partial charge in [-0.05, 0) is 43.1 Å². The molecule has 0 aromatic heterocycles. The van der Waals surface area contributed by atoms with Gasteiger partial charge in [-0.2, -0.15) is 0 Å². The molecule has 36 heavy (non-hydrogen) atoms. The van der Waals surface area contributed by atoms with E-state index in [1.807, 2.05) is 32.9 Å². The normalized spacial score (nSPS) is 25.9. The third-order valence-electron chi connectivity index (χ3n) is 8.04. The summed E-state index contributed by atoms with van der Waals surface area (Å²) in [5.41, 5.74) is 0.762. The van der Waals surface area contributed by atoms with E-state index in [0.717, 1.165) is 31.9 Å². The minimum absolute atomic E-state index is 0.274. The maximum atomic E-state index is 13.7. The molecule has 1 aromatic carbocycles. The summed E-state index contributed by atoms with van der Waals surface area (Å²) in [7, 11) is 2.09. The van der Waals surface area contributed by atoms with Crippen LogP contribution in [0.25, 0.3) is 0 Å². The second-order valence-corrected chi connectivity index (χ2v) is 10.8. The van der Waals surface area contributed by atoms with Crippen molar-refractivity contribution in [3.63, 3.8) is 0 Å². The molecule has 0 saturated carbocycles. The molecule has 8 nitrogen and oxygen atoms in total. The average Bonchev–Trinajstić information content (AvgIpc) is 3.43. The SMILES string of the molecule is CCC(C)(C)C(NC(=O)c1ccc(N2CCN(C)CC2)cc1)C(=O)N1C[C@@H](C(F)F)[C@H]2OCC(=O)C21. The van der Waals surface area contributed by atoms with Crippen molar-refractivity contribution in [1.82, 2.24) is 15.1 Å². The molecule has 3 saturated heterocycles. The van der Waals surface area contributed by atoms with E-state index < -0.39 is 47.8 Å². The molecule has 0 bridgehead atoms. The first kappa shape index (κ1) is 26.5. The molecule has 1 N–H and O–H groups in total. The largest absolute Gasteiger partial charge is 0.369 e. The van der Waals surface area contributed by atoms with Crippen LogP contribution < -0.4 is 10.2 Å². The van der Waals surface area contributed by atoms with E-state index in [9.17, 15) is 23.2 Å². The van der Waals surface area contributed by atoms with Crippen molar-refractivity contribution in [2.24, 2.45) is 11.3 Å². The van der Waals surface area contributed by atoms with Gasteiger partial charge in [-0.1, -0.05) is 20.8 Å². The van der Waals surface area contributed by atoms with Gasteiger partial charge in [0.25, 0.3) is 5.91 Å². The minimum atomic E-state index is -2.72. The number of ether oxygens (including phenoxy) is 1. The number of hydrogen-bond donors (Lipinski definition) is 1. The Labute approximate surface area is 210 Å².